The second-order valence-electron chi connectivity index (χ2n) is 4.37. The summed E-state index contributed by atoms with van der Waals surface area (Å²) in [5, 5.41) is 0. The van der Waals surface area contributed by atoms with Crippen molar-refractivity contribution in [2.75, 3.05) is 0 Å². The first kappa shape index (κ1) is 13.8. The molecule has 7 heteroatoms. The lowest BCUT2D eigenvalue weighted by Crippen LogP contribution is -2.09. The third-order valence-corrected chi connectivity index (χ3v) is 4.87. The molecule has 0 bridgehead atoms. The Morgan fingerprint density at radius 3 is 2.57 bits per heavy atom. The van der Waals surface area contributed by atoms with Crippen LogP contribution in [0.4, 0.5) is 0 Å². The summed E-state index contributed by atoms with van der Waals surface area (Å²) < 4.78 is 35.0. The summed E-state index contributed by atoms with van der Waals surface area (Å²) in [6.07, 6.45) is 0. The molecule has 0 aliphatic carbocycles. The molecule has 3 rings (SSSR count). The lowest BCUT2D eigenvalue weighted by molar-refractivity contribution is 0.486. The first-order chi connectivity index (χ1) is 9.95. The number of aryl methyl sites for hydroxylation is 1. The highest BCUT2D eigenvalue weighted by atomic mass is 32.2. The van der Waals surface area contributed by atoms with Gasteiger partial charge in [-0.25, -0.2) is 4.79 Å². The Morgan fingerprint density at radius 2 is 1.86 bits per heavy atom. The zero-order chi connectivity index (χ0) is 15.0. The predicted octanol–water partition coefficient (Wildman–Crippen LogP) is 2.93. The van der Waals surface area contributed by atoms with Crippen LogP contribution in [-0.4, -0.2) is 8.42 Å². The van der Waals surface area contributed by atoms with Crippen LogP contribution in [0, 0.1) is 6.92 Å². The average Bonchev–Trinajstić information content (AvgIpc) is 2.80. The van der Waals surface area contributed by atoms with E-state index in [1.54, 1.807) is 25.1 Å². The molecule has 1 aromatic heterocycles. The van der Waals surface area contributed by atoms with Gasteiger partial charge in [0.25, 0.3) is 0 Å². The van der Waals surface area contributed by atoms with Crippen LogP contribution in [0.3, 0.4) is 0 Å². The molecular formula is C14H10O5S2. The van der Waals surface area contributed by atoms with Crippen molar-refractivity contribution in [3.8, 4) is 5.75 Å². The Balaban J connectivity index is 2.04. The van der Waals surface area contributed by atoms with E-state index in [2.05, 4.69) is 0 Å². The van der Waals surface area contributed by atoms with Gasteiger partial charge in [-0.05, 0) is 30.7 Å². The summed E-state index contributed by atoms with van der Waals surface area (Å²) >= 11 is 0.905. The van der Waals surface area contributed by atoms with Gasteiger partial charge < -0.3 is 8.60 Å². The van der Waals surface area contributed by atoms with Crippen molar-refractivity contribution in [1.82, 2.24) is 0 Å². The van der Waals surface area contributed by atoms with E-state index in [1.165, 1.54) is 24.3 Å². The molecule has 5 nitrogen and oxygen atoms in total. The van der Waals surface area contributed by atoms with Gasteiger partial charge in [-0.1, -0.05) is 29.5 Å². The molecule has 0 atom stereocenters. The average molecular weight is 322 g/mol. The number of rotatable bonds is 3. The molecule has 0 fully saturated rings. The molecule has 2 aromatic carbocycles. The van der Waals surface area contributed by atoms with Crippen LogP contribution < -0.4 is 9.12 Å². The lowest BCUT2D eigenvalue weighted by Gasteiger charge is -2.07. The molecule has 0 aliphatic heterocycles. The van der Waals surface area contributed by atoms with Gasteiger partial charge in [-0.15, -0.1) is 0 Å². The Bertz CT molecular complexity index is 952. The minimum Gasteiger partial charge on any atom is -0.414 e. The van der Waals surface area contributed by atoms with Crippen LogP contribution in [0.25, 0.3) is 10.3 Å². The maximum Gasteiger partial charge on any atom is 0.396 e. The SMILES string of the molecule is Cc1cc(OS(=O)(=O)c2ccccc2)cc2sc(=O)oc12. The standard InChI is InChI=1S/C14H10O5S2/c1-9-7-10(8-12-13(9)18-14(15)20-12)19-21(16,17)11-5-3-2-4-6-11/h2-8H,1H3. The molecule has 0 aliphatic rings. The number of hydrogen-bond acceptors (Lipinski definition) is 6. The number of fused-ring (bicyclic) bond motifs is 1. The van der Waals surface area contributed by atoms with Gasteiger partial charge in [0.05, 0.1) is 4.70 Å². The minimum absolute atomic E-state index is 0.0723. The third-order valence-electron chi connectivity index (χ3n) is 2.83. The second-order valence-corrected chi connectivity index (χ2v) is 6.90. The van der Waals surface area contributed by atoms with E-state index in [-0.39, 0.29) is 10.6 Å². The van der Waals surface area contributed by atoms with Crippen molar-refractivity contribution in [3.05, 3.63) is 57.8 Å². The van der Waals surface area contributed by atoms with Gasteiger partial charge in [0.1, 0.15) is 10.6 Å². The maximum absolute atomic E-state index is 12.2. The summed E-state index contributed by atoms with van der Waals surface area (Å²) in [5.74, 6) is 0.154. The molecule has 21 heavy (non-hydrogen) atoms. The van der Waals surface area contributed by atoms with Crippen LogP contribution >= 0.6 is 11.3 Å². The van der Waals surface area contributed by atoms with Crippen molar-refractivity contribution in [2.24, 2.45) is 0 Å². The highest BCUT2D eigenvalue weighted by molar-refractivity contribution is 7.87. The summed E-state index contributed by atoms with van der Waals surface area (Å²) in [6.45, 7) is 1.72. The highest BCUT2D eigenvalue weighted by Gasteiger charge is 2.17. The summed E-state index contributed by atoms with van der Waals surface area (Å²) in [7, 11) is -3.90. The summed E-state index contributed by atoms with van der Waals surface area (Å²) in [4.78, 5) is 10.9. The van der Waals surface area contributed by atoms with E-state index in [0.717, 1.165) is 11.3 Å². The van der Waals surface area contributed by atoms with Crippen molar-refractivity contribution in [2.45, 2.75) is 11.8 Å². The van der Waals surface area contributed by atoms with Crippen molar-refractivity contribution < 1.29 is 17.0 Å². The maximum atomic E-state index is 12.2. The van der Waals surface area contributed by atoms with Crippen LogP contribution in [0.5, 0.6) is 5.75 Å². The predicted molar refractivity (Wildman–Crippen MR) is 79.4 cm³/mol. The van der Waals surface area contributed by atoms with E-state index >= 15 is 0 Å². The monoisotopic (exact) mass is 322 g/mol. The molecule has 0 unspecified atom stereocenters. The van der Waals surface area contributed by atoms with E-state index < -0.39 is 15.1 Å². The van der Waals surface area contributed by atoms with Crippen LogP contribution in [-0.2, 0) is 10.1 Å². The largest absolute Gasteiger partial charge is 0.414 e. The quantitative estimate of drug-likeness (QED) is 0.693. The Labute approximate surface area is 124 Å². The molecule has 0 spiro atoms. The Kier molecular flexibility index (Phi) is 3.30. The fourth-order valence-electron chi connectivity index (χ4n) is 1.92. The van der Waals surface area contributed by atoms with E-state index in [0.29, 0.717) is 15.8 Å². The normalized spacial score (nSPS) is 11.7. The van der Waals surface area contributed by atoms with Crippen molar-refractivity contribution in [3.63, 3.8) is 0 Å². The van der Waals surface area contributed by atoms with Crippen LogP contribution in [0.2, 0.25) is 0 Å². The first-order valence-corrected chi connectivity index (χ1v) is 8.22. The van der Waals surface area contributed by atoms with Gasteiger partial charge >= 0.3 is 15.1 Å². The van der Waals surface area contributed by atoms with Crippen LogP contribution in [0.1, 0.15) is 5.56 Å². The molecule has 0 N–H and O–H groups in total. The van der Waals surface area contributed by atoms with Crippen molar-refractivity contribution in [1.29, 1.82) is 0 Å². The zero-order valence-corrected chi connectivity index (χ0v) is 12.5. The lowest BCUT2D eigenvalue weighted by atomic mass is 10.2. The Hall–Kier alpha value is -2.12. The molecule has 108 valence electrons. The van der Waals surface area contributed by atoms with E-state index in [9.17, 15) is 13.2 Å². The fraction of sp³-hybridized carbons (Fsp3) is 0.0714. The van der Waals surface area contributed by atoms with Gasteiger partial charge in [-0.3, -0.25) is 0 Å². The molecule has 0 saturated heterocycles. The summed E-state index contributed by atoms with van der Waals surface area (Å²) in [5.41, 5.74) is 1.10. The van der Waals surface area contributed by atoms with Gasteiger partial charge in [-0.2, -0.15) is 8.42 Å². The van der Waals surface area contributed by atoms with Gasteiger partial charge in [0.15, 0.2) is 5.58 Å². The molecule has 0 saturated carbocycles. The zero-order valence-electron chi connectivity index (χ0n) is 10.9. The smallest absolute Gasteiger partial charge is 0.396 e. The van der Waals surface area contributed by atoms with E-state index in [1.807, 2.05) is 0 Å². The molecule has 1 heterocycles. The molecular weight excluding hydrogens is 312 g/mol. The molecule has 0 amide bonds. The first-order valence-electron chi connectivity index (χ1n) is 5.99. The minimum atomic E-state index is -3.90. The van der Waals surface area contributed by atoms with Gasteiger partial charge in [0, 0.05) is 6.07 Å². The molecule has 3 aromatic rings. The summed E-state index contributed by atoms with van der Waals surface area (Å²) in [6, 6.07) is 10.9. The molecule has 0 radical (unpaired) electrons. The third kappa shape index (κ3) is 2.70. The Morgan fingerprint density at radius 1 is 1.14 bits per heavy atom. The number of benzene rings is 2. The van der Waals surface area contributed by atoms with E-state index in [4.69, 9.17) is 8.60 Å². The van der Waals surface area contributed by atoms with Crippen molar-refractivity contribution >= 4 is 31.7 Å². The van der Waals surface area contributed by atoms with Crippen LogP contribution in [0.15, 0.2) is 56.6 Å². The topological polar surface area (TPSA) is 73.6 Å². The second kappa shape index (κ2) is 5.01. The fourth-order valence-corrected chi connectivity index (χ4v) is 3.63. The van der Waals surface area contributed by atoms with Gasteiger partial charge in [0.2, 0.25) is 0 Å². The highest BCUT2D eigenvalue weighted by Crippen LogP contribution is 2.28. The number of hydrogen-bond donors (Lipinski definition) is 0.